The summed E-state index contributed by atoms with van der Waals surface area (Å²) in [4.78, 5) is 14.5. The highest BCUT2D eigenvalue weighted by atomic mass is 35.5. The molecule has 0 radical (unpaired) electrons. The van der Waals surface area contributed by atoms with Crippen LogP contribution in [0, 0.1) is 0 Å². The molecule has 0 atom stereocenters. The highest BCUT2D eigenvalue weighted by Gasteiger charge is 2.14. The summed E-state index contributed by atoms with van der Waals surface area (Å²) >= 11 is 17.7. The number of halogens is 2. The van der Waals surface area contributed by atoms with E-state index in [1.54, 1.807) is 24.3 Å². The van der Waals surface area contributed by atoms with Gasteiger partial charge in [0.25, 0.3) is 0 Å². The molecule has 0 bridgehead atoms. The van der Waals surface area contributed by atoms with Crippen molar-refractivity contribution in [2.45, 2.75) is 19.3 Å². The van der Waals surface area contributed by atoms with E-state index in [9.17, 15) is 4.79 Å². The Balaban J connectivity index is 1.30. The van der Waals surface area contributed by atoms with Crippen LogP contribution in [-0.4, -0.2) is 24.1 Å². The van der Waals surface area contributed by atoms with Gasteiger partial charge in [-0.15, -0.1) is 0 Å². The smallest absolute Gasteiger partial charge is 0.250 e. The second-order valence-corrected chi connectivity index (χ2v) is 8.95. The third-order valence-electron chi connectivity index (χ3n) is 5.29. The van der Waals surface area contributed by atoms with Gasteiger partial charge in [0, 0.05) is 35.4 Å². The van der Waals surface area contributed by atoms with Gasteiger partial charge >= 0.3 is 0 Å². The molecule has 2 N–H and O–H groups in total. The van der Waals surface area contributed by atoms with Crippen molar-refractivity contribution in [1.82, 2.24) is 5.32 Å². The molecule has 0 saturated carbocycles. The summed E-state index contributed by atoms with van der Waals surface area (Å²) in [6, 6.07) is 16.7. The zero-order valence-corrected chi connectivity index (χ0v) is 20.1. The number of furan rings is 1. The molecule has 1 aromatic heterocycles. The third kappa shape index (κ3) is 6.38. The molecule has 8 heteroatoms. The molecule has 1 fully saturated rings. The maximum absolute atomic E-state index is 12.2. The van der Waals surface area contributed by atoms with Crippen LogP contribution in [0.25, 0.3) is 17.4 Å². The zero-order chi connectivity index (χ0) is 23.2. The van der Waals surface area contributed by atoms with Gasteiger partial charge in [-0.2, -0.15) is 0 Å². The lowest BCUT2D eigenvalue weighted by Crippen LogP contribution is -2.33. The van der Waals surface area contributed by atoms with Crippen molar-refractivity contribution >= 4 is 63.9 Å². The molecule has 0 spiro atoms. The fraction of sp³-hybridized carbons (Fsp3) is 0.200. The summed E-state index contributed by atoms with van der Waals surface area (Å²) in [5, 5.41) is 7.13. The first-order chi connectivity index (χ1) is 16.0. The second kappa shape index (κ2) is 10.9. The first kappa shape index (κ1) is 23.4. The van der Waals surface area contributed by atoms with Crippen molar-refractivity contribution in [1.29, 1.82) is 0 Å². The van der Waals surface area contributed by atoms with Crippen LogP contribution >= 0.6 is 35.4 Å². The Hall–Kier alpha value is -2.80. The maximum Gasteiger partial charge on any atom is 0.250 e. The highest BCUT2D eigenvalue weighted by Crippen LogP contribution is 2.31. The minimum Gasteiger partial charge on any atom is -0.457 e. The van der Waals surface area contributed by atoms with Gasteiger partial charge in [0.1, 0.15) is 11.5 Å². The molecule has 33 heavy (non-hydrogen) atoms. The average molecular weight is 500 g/mol. The summed E-state index contributed by atoms with van der Waals surface area (Å²) in [7, 11) is 0. The number of thiocarbonyl (C=S) groups is 1. The molecule has 2 aromatic carbocycles. The monoisotopic (exact) mass is 499 g/mol. The predicted octanol–water partition coefficient (Wildman–Crippen LogP) is 6.77. The average Bonchev–Trinajstić information content (AvgIpc) is 3.28. The van der Waals surface area contributed by atoms with E-state index in [4.69, 9.17) is 39.8 Å². The van der Waals surface area contributed by atoms with Gasteiger partial charge < -0.3 is 14.6 Å². The summed E-state index contributed by atoms with van der Waals surface area (Å²) in [6.07, 6.45) is 6.58. The Kier molecular flexibility index (Phi) is 7.70. The van der Waals surface area contributed by atoms with Crippen molar-refractivity contribution in [2.24, 2.45) is 0 Å². The molecule has 3 aromatic rings. The number of hydrogen-bond donors (Lipinski definition) is 2. The molecule has 5 nitrogen and oxygen atoms in total. The summed E-state index contributed by atoms with van der Waals surface area (Å²) in [6.45, 7) is 2.04. The SMILES string of the molecule is O=C(C=Cc1ccc(-c2ccc(Cl)cc2)o1)NC(=S)Nc1ccc(N2CCCCC2)c(Cl)c1. The number of nitrogens with one attached hydrogen (secondary N) is 2. The Bertz CT molecular complexity index is 1170. The van der Waals surface area contributed by atoms with E-state index in [-0.39, 0.29) is 11.0 Å². The van der Waals surface area contributed by atoms with Crippen LogP contribution in [-0.2, 0) is 4.79 Å². The number of carbonyl (C=O) groups is 1. The summed E-state index contributed by atoms with van der Waals surface area (Å²) < 4.78 is 5.76. The molecular weight excluding hydrogens is 477 g/mol. The molecule has 0 unspecified atom stereocenters. The van der Waals surface area contributed by atoms with E-state index in [1.807, 2.05) is 36.4 Å². The van der Waals surface area contributed by atoms with Gasteiger partial charge in [0.15, 0.2) is 5.11 Å². The Morgan fingerprint density at radius 3 is 2.48 bits per heavy atom. The van der Waals surface area contributed by atoms with E-state index >= 15 is 0 Å². The summed E-state index contributed by atoms with van der Waals surface area (Å²) in [5.41, 5.74) is 2.64. The molecule has 170 valence electrons. The van der Waals surface area contributed by atoms with Crippen molar-refractivity contribution in [3.8, 4) is 11.3 Å². The van der Waals surface area contributed by atoms with E-state index in [1.165, 1.54) is 25.3 Å². The van der Waals surface area contributed by atoms with Crippen molar-refractivity contribution < 1.29 is 9.21 Å². The largest absolute Gasteiger partial charge is 0.457 e. The number of piperidine rings is 1. The van der Waals surface area contributed by atoms with Crippen LogP contribution in [0.1, 0.15) is 25.0 Å². The minimum absolute atomic E-state index is 0.188. The minimum atomic E-state index is -0.368. The van der Waals surface area contributed by atoms with Crippen molar-refractivity contribution in [3.63, 3.8) is 0 Å². The molecule has 1 saturated heterocycles. The van der Waals surface area contributed by atoms with Crippen LogP contribution < -0.4 is 15.5 Å². The lowest BCUT2D eigenvalue weighted by Gasteiger charge is -2.29. The van der Waals surface area contributed by atoms with Crippen LogP contribution in [0.3, 0.4) is 0 Å². The fourth-order valence-corrected chi connectivity index (χ4v) is 4.31. The Labute approximate surface area is 208 Å². The second-order valence-electron chi connectivity index (χ2n) is 7.70. The topological polar surface area (TPSA) is 57.5 Å². The Morgan fingerprint density at radius 1 is 1.00 bits per heavy atom. The zero-order valence-electron chi connectivity index (χ0n) is 17.8. The molecule has 0 aliphatic carbocycles. The van der Waals surface area contributed by atoms with Crippen LogP contribution in [0.5, 0.6) is 0 Å². The highest BCUT2D eigenvalue weighted by molar-refractivity contribution is 7.80. The number of rotatable bonds is 5. The maximum atomic E-state index is 12.2. The van der Waals surface area contributed by atoms with Crippen LogP contribution in [0.15, 0.2) is 65.1 Å². The fourth-order valence-electron chi connectivity index (χ4n) is 3.66. The molecule has 2 heterocycles. The molecule has 1 aliphatic rings. The molecular formula is C25H23Cl2N3O2S. The molecule has 1 amide bonds. The number of anilines is 2. The normalized spacial score (nSPS) is 13.8. The standard InChI is InChI=1S/C25H23Cl2N3O2S/c26-18-6-4-17(5-7-18)23-12-9-20(32-23)10-13-24(31)29-25(33)28-19-8-11-22(21(27)16-19)30-14-2-1-3-15-30/h4-13,16H,1-3,14-15H2,(H2,28,29,31,33). The van der Waals surface area contributed by atoms with Crippen molar-refractivity contribution in [2.75, 3.05) is 23.3 Å². The van der Waals surface area contributed by atoms with Gasteiger partial charge in [-0.25, -0.2) is 0 Å². The number of amides is 1. The summed E-state index contributed by atoms with van der Waals surface area (Å²) in [5.74, 6) is 0.871. The van der Waals surface area contributed by atoms with Gasteiger partial charge in [-0.1, -0.05) is 23.2 Å². The number of hydrogen-bond acceptors (Lipinski definition) is 4. The Morgan fingerprint density at radius 2 is 1.76 bits per heavy atom. The van der Waals surface area contributed by atoms with E-state index in [0.29, 0.717) is 27.3 Å². The van der Waals surface area contributed by atoms with E-state index in [2.05, 4.69) is 15.5 Å². The number of carbonyl (C=O) groups excluding carboxylic acids is 1. The number of nitrogens with zero attached hydrogens (tertiary/aromatic N) is 1. The van der Waals surface area contributed by atoms with E-state index < -0.39 is 0 Å². The number of benzene rings is 2. The lowest BCUT2D eigenvalue weighted by atomic mass is 10.1. The van der Waals surface area contributed by atoms with Gasteiger partial charge in [-0.05, 0) is 92.2 Å². The molecule has 4 rings (SSSR count). The first-order valence-corrected chi connectivity index (χ1v) is 11.8. The van der Waals surface area contributed by atoms with Crippen molar-refractivity contribution in [3.05, 3.63) is 76.5 Å². The predicted molar refractivity (Wildman–Crippen MR) is 140 cm³/mol. The van der Waals surface area contributed by atoms with E-state index in [0.717, 1.165) is 24.3 Å². The third-order valence-corrected chi connectivity index (χ3v) is 6.05. The van der Waals surface area contributed by atoms with Gasteiger partial charge in [-0.3, -0.25) is 10.1 Å². The van der Waals surface area contributed by atoms with Gasteiger partial charge in [0.2, 0.25) is 5.91 Å². The molecule has 1 aliphatic heterocycles. The quantitative estimate of drug-likeness (QED) is 0.299. The van der Waals surface area contributed by atoms with Gasteiger partial charge in [0.05, 0.1) is 10.7 Å². The van der Waals surface area contributed by atoms with Crippen LogP contribution in [0.2, 0.25) is 10.0 Å². The lowest BCUT2D eigenvalue weighted by molar-refractivity contribution is -0.115. The van der Waals surface area contributed by atoms with Crippen LogP contribution in [0.4, 0.5) is 11.4 Å². The first-order valence-electron chi connectivity index (χ1n) is 10.7.